The summed E-state index contributed by atoms with van der Waals surface area (Å²) >= 11 is 0. The average Bonchev–Trinajstić information content (AvgIpc) is 2.74. The average molecular weight is 273 g/mol. The molecule has 0 radical (unpaired) electrons. The van der Waals surface area contributed by atoms with Crippen molar-refractivity contribution in [1.82, 2.24) is 9.78 Å². The molecule has 0 aliphatic rings. The van der Waals surface area contributed by atoms with E-state index in [4.69, 9.17) is 10.5 Å². The Hall–Kier alpha value is -1.97. The first-order valence-corrected chi connectivity index (χ1v) is 7.22. The van der Waals surface area contributed by atoms with E-state index in [-0.39, 0.29) is 0 Å². The Labute approximate surface area is 120 Å². The Morgan fingerprint density at radius 3 is 2.75 bits per heavy atom. The van der Waals surface area contributed by atoms with Crippen molar-refractivity contribution in [1.29, 1.82) is 0 Å². The third-order valence-electron chi connectivity index (χ3n) is 3.27. The van der Waals surface area contributed by atoms with Gasteiger partial charge in [-0.1, -0.05) is 32.4 Å². The van der Waals surface area contributed by atoms with Crippen LogP contribution in [0.3, 0.4) is 0 Å². The molecule has 0 saturated heterocycles. The van der Waals surface area contributed by atoms with Crippen LogP contribution in [0, 0.1) is 0 Å². The molecule has 0 amide bonds. The lowest BCUT2D eigenvalue weighted by molar-refractivity contribution is 0.317. The molecular weight excluding hydrogens is 250 g/mol. The summed E-state index contributed by atoms with van der Waals surface area (Å²) in [5, 5.41) is 4.56. The van der Waals surface area contributed by atoms with Crippen molar-refractivity contribution in [2.24, 2.45) is 7.05 Å². The Morgan fingerprint density at radius 1 is 1.25 bits per heavy atom. The molecular formula is C16H23N3O. The largest absolute Gasteiger partial charge is 0.494 e. The number of nitrogens with zero attached hydrogens (tertiary/aromatic N) is 2. The summed E-state index contributed by atoms with van der Waals surface area (Å²) in [5.74, 6) is 1.64. The van der Waals surface area contributed by atoms with Gasteiger partial charge in [0.1, 0.15) is 11.6 Å². The summed E-state index contributed by atoms with van der Waals surface area (Å²) in [4.78, 5) is 0. The van der Waals surface area contributed by atoms with Gasteiger partial charge in [0.15, 0.2) is 0 Å². The minimum absolute atomic E-state index is 0.732. The number of aromatic nitrogens is 2. The lowest BCUT2D eigenvalue weighted by atomic mass is 10.0. The second-order valence-corrected chi connectivity index (χ2v) is 4.96. The molecule has 2 N–H and O–H groups in total. The third kappa shape index (κ3) is 2.95. The molecule has 0 atom stereocenters. The standard InChI is InChI=1S/C16H23N3O/c1-4-7-14-15(18-19(3)16(14)17)12-8-6-9-13(11-12)20-10-5-2/h6,8-9,11H,4-5,7,10,17H2,1-3H3. The zero-order valence-electron chi connectivity index (χ0n) is 12.5. The summed E-state index contributed by atoms with van der Waals surface area (Å²) in [5.41, 5.74) is 9.27. The van der Waals surface area contributed by atoms with Crippen LogP contribution in [0.15, 0.2) is 24.3 Å². The molecule has 0 unspecified atom stereocenters. The molecule has 0 bridgehead atoms. The first-order chi connectivity index (χ1) is 9.67. The first kappa shape index (κ1) is 14.4. The highest BCUT2D eigenvalue weighted by Gasteiger charge is 2.15. The van der Waals surface area contributed by atoms with Gasteiger partial charge < -0.3 is 10.5 Å². The predicted octanol–water partition coefficient (Wildman–Crippen LogP) is 3.41. The molecule has 1 aromatic carbocycles. The number of aryl methyl sites for hydroxylation is 1. The van der Waals surface area contributed by atoms with Gasteiger partial charge in [0.25, 0.3) is 0 Å². The number of ether oxygens (including phenoxy) is 1. The van der Waals surface area contributed by atoms with Gasteiger partial charge in [-0.25, -0.2) is 0 Å². The second kappa shape index (κ2) is 6.46. The molecule has 0 aliphatic heterocycles. The molecule has 4 nitrogen and oxygen atoms in total. The zero-order valence-corrected chi connectivity index (χ0v) is 12.5. The van der Waals surface area contributed by atoms with Gasteiger partial charge in [0, 0.05) is 18.2 Å². The van der Waals surface area contributed by atoms with Crippen LogP contribution in [0.4, 0.5) is 5.82 Å². The molecule has 108 valence electrons. The fourth-order valence-corrected chi connectivity index (χ4v) is 2.26. The van der Waals surface area contributed by atoms with Crippen molar-refractivity contribution in [2.45, 2.75) is 33.1 Å². The molecule has 1 aromatic heterocycles. The van der Waals surface area contributed by atoms with Crippen molar-refractivity contribution >= 4 is 5.82 Å². The number of anilines is 1. The molecule has 0 fully saturated rings. The number of benzene rings is 1. The SMILES string of the molecule is CCCOc1cccc(-c2nn(C)c(N)c2CCC)c1. The van der Waals surface area contributed by atoms with E-state index in [9.17, 15) is 0 Å². The highest BCUT2D eigenvalue weighted by atomic mass is 16.5. The van der Waals surface area contributed by atoms with Gasteiger partial charge in [0.2, 0.25) is 0 Å². The molecule has 1 heterocycles. The molecule has 20 heavy (non-hydrogen) atoms. The van der Waals surface area contributed by atoms with Gasteiger partial charge in [-0.2, -0.15) is 5.10 Å². The lowest BCUT2D eigenvalue weighted by Gasteiger charge is -2.07. The van der Waals surface area contributed by atoms with Gasteiger partial charge in [-0.3, -0.25) is 4.68 Å². The molecule has 0 aliphatic carbocycles. The summed E-state index contributed by atoms with van der Waals surface area (Å²) in [6.07, 6.45) is 2.99. The minimum Gasteiger partial charge on any atom is -0.494 e. The van der Waals surface area contributed by atoms with Gasteiger partial charge in [-0.15, -0.1) is 0 Å². The maximum absolute atomic E-state index is 6.11. The van der Waals surface area contributed by atoms with Crippen LogP contribution >= 0.6 is 0 Å². The lowest BCUT2D eigenvalue weighted by Crippen LogP contribution is -1.99. The molecule has 2 rings (SSSR count). The van der Waals surface area contributed by atoms with E-state index in [1.165, 1.54) is 0 Å². The summed E-state index contributed by atoms with van der Waals surface area (Å²) in [6.45, 7) is 4.98. The molecule has 0 saturated carbocycles. The number of hydrogen-bond acceptors (Lipinski definition) is 3. The predicted molar refractivity (Wildman–Crippen MR) is 82.8 cm³/mol. The quantitative estimate of drug-likeness (QED) is 0.877. The summed E-state index contributed by atoms with van der Waals surface area (Å²) < 4.78 is 7.44. The van der Waals surface area contributed by atoms with Gasteiger partial charge in [0.05, 0.1) is 12.3 Å². The van der Waals surface area contributed by atoms with E-state index in [0.717, 1.165) is 54.3 Å². The van der Waals surface area contributed by atoms with E-state index >= 15 is 0 Å². The Balaban J connectivity index is 2.38. The van der Waals surface area contributed by atoms with Crippen molar-refractivity contribution in [3.05, 3.63) is 29.8 Å². The monoisotopic (exact) mass is 273 g/mol. The summed E-state index contributed by atoms with van der Waals surface area (Å²) in [7, 11) is 1.88. The fourth-order valence-electron chi connectivity index (χ4n) is 2.26. The van der Waals surface area contributed by atoms with E-state index in [2.05, 4.69) is 25.0 Å². The van der Waals surface area contributed by atoms with Gasteiger partial charge in [-0.05, 0) is 25.0 Å². The van der Waals surface area contributed by atoms with Crippen molar-refractivity contribution < 1.29 is 4.74 Å². The van der Waals surface area contributed by atoms with Crippen LogP contribution in [-0.4, -0.2) is 16.4 Å². The zero-order chi connectivity index (χ0) is 14.5. The number of rotatable bonds is 6. The summed E-state index contributed by atoms with van der Waals surface area (Å²) in [6, 6.07) is 8.07. The van der Waals surface area contributed by atoms with Crippen LogP contribution < -0.4 is 10.5 Å². The third-order valence-corrected chi connectivity index (χ3v) is 3.27. The maximum Gasteiger partial charge on any atom is 0.125 e. The normalized spacial score (nSPS) is 10.8. The number of nitrogen functional groups attached to an aromatic ring is 1. The van der Waals surface area contributed by atoms with E-state index in [1.54, 1.807) is 4.68 Å². The van der Waals surface area contributed by atoms with Crippen molar-refractivity contribution in [2.75, 3.05) is 12.3 Å². The Morgan fingerprint density at radius 2 is 2.05 bits per heavy atom. The van der Waals surface area contributed by atoms with E-state index in [0.29, 0.717) is 0 Å². The topological polar surface area (TPSA) is 53.1 Å². The van der Waals surface area contributed by atoms with Crippen LogP contribution in [0.2, 0.25) is 0 Å². The fraction of sp³-hybridized carbons (Fsp3) is 0.438. The first-order valence-electron chi connectivity index (χ1n) is 7.22. The van der Waals surface area contributed by atoms with Crippen LogP contribution in [0.5, 0.6) is 5.75 Å². The Bertz CT molecular complexity index is 575. The highest BCUT2D eigenvalue weighted by Crippen LogP contribution is 2.30. The molecule has 4 heteroatoms. The number of nitrogens with two attached hydrogens (primary N) is 1. The van der Waals surface area contributed by atoms with E-state index < -0.39 is 0 Å². The molecule has 0 spiro atoms. The molecule has 2 aromatic rings. The number of hydrogen-bond donors (Lipinski definition) is 1. The van der Waals surface area contributed by atoms with Crippen LogP contribution in [0.25, 0.3) is 11.3 Å². The van der Waals surface area contributed by atoms with Crippen LogP contribution in [-0.2, 0) is 13.5 Å². The van der Waals surface area contributed by atoms with Crippen molar-refractivity contribution in [3.63, 3.8) is 0 Å². The van der Waals surface area contributed by atoms with E-state index in [1.807, 2.05) is 25.2 Å². The second-order valence-electron chi connectivity index (χ2n) is 4.96. The van der Waals surface area contributed by atoms with Gasteiger partial charge >= 0.3 is 0 Å². The highest BCUT2D eigenvalue weighted by molar-refractivity contribution is 5.69. The van der Waals surface area contributed by atoms with Crippen molar-refractivity contribution in [3.8, 4) is 17.0 Å². The van der Waals surface area contributed by atoms with Crippen LogP contribution in [0.1, 0.15) is 32.3 Å². The minimum atomic E-state index is 0.732. The smallest absolute Gasteiger partial charge is 0.125 e. The Kier molecular flexibility index (Phi) is 4.66. The maximum atomic E-state index is 6.11.